The summed E-state index contributed by atoms with van der Waals surface area (Å²) in [5.41, 5.74) is 2.27. The van der Waals surface area contributed by atoms with Crippen molar-refractivity contribution in [2.45, 2.75) is 13.8 Å². The lowest BCUT2D eigenvalue weighted by Crippen LogP contribution is -1.96. The Morgan fingerprint density at radius 1 is 1.24 bits per heavy atom. The van der Waals surface area contributed by atoms with E-state index in [1.165, 1.54) is 12.1 Å². The Labute approximate surface area is 99.3 Å². The minimum Gasteiger partial charge on any atom is -0.493 e. The average Bonchev–Trinajstić information content (AvgIpc) is 2.31. The van der Waals surface area contributed by atoms with Crippen LogP contribution in [0.5, 0.6) is 5.75 Å². The summed E-state index contributed by atoms with van der Waals surface area (Å²) in [6, 6.07) is 4.40. The van der Waals surface area contributed by atoms with Gasteiger partial charge in [-0.3, -0.25) is 9.97 Å². The standard InChI is InChI=1S/C13H13FN2O/c1-3-17-13-6-10(14)4-5-11(13)12-8-15-9(2)7-16-12/h4-8H,3H2,1-2H3. The number of aryl methyl sites for hydroxylation is 1. The van der Waals surface area contributed by atoms with Crippen LogP contribution in [0.2, 0.25) is 0 Å². The number of benzene rings is 1. The molecular weight excluding hydrogens is 219 g/mol. The smallest absolute Gasteiger partial charge is 0.131 e. The summed E-state index contributed by atoms with van der Waals surface area (Å²) in [6.45, 7) is 4.20. The van der Waals surface area contributed by atoms with E-state index in [1.807, 2.05) is 13.8 Å². The van der Waals surface area contributed by atoms with Gasteiger partial charge in [-0.1, -0.05) is 0 Å². The molecule has 88 valence electrons. The molecule has 1 heterocycles. The van der Waals surface area contributed by atoms with Gasteiger partial charge in [0.1, 0.15) is 11.6 Å². The zero-order chi connectivity index (χ0) is 12.3. The van der Waals surface area contributed by atoms with Gasteiger partial charge in [0, 0.05) is 17.8 Å². The molecule has 0 aliphatic rings. The van der Waals surface area contributed by atoms with Gasteiger partial charge in [-0.2, -0.15) is 0 Å². The second kappa shape index (κ2) is 4.91. The zero-order valence-electron chi connectivity index (χ0n) is 9.77. The summed E-state index contributed by atoms with van der Waals surface area (Å²) in [6.07, 6.45) is 3.33. The van der Waals surface area contributed by atoms with Crippen molar-refractivity contribution in [3.05, 3.63) is 42.1 Å². The maximum absolute atomic E-state index is 13.1. The van der Waals surface area contributed by atoms with E-state index in [0.29, 0.717) is 18.1 Å². The van der Waals surface area contributed by atoms with Gasteiger partial charge >= 0.3 is 0 Å². The summed E-state index contributed by atoms with van der Waals surface area (Å²) >= 11 is 0. The quantitative estimate of drug-likeness (QED) is 0.816. The summed E-state index contributed by atoms with van der Waals surface area (Å²) in [5.74, 6) is 0.169. The third-order valence-corrected chi connectivity index (χ3v) is 2.30. The molecule has 0 aliphatic heterocycles. The molecular formula is C13H13FN2O. The molecule has 2 aromatic rings. The molecule has 0 unspecified atom stereocenters. The van der Waals surface area contributed by atoms with E-state index in [4.69, 9.17) is 4.74 Å². The van der Waals surface area contributed by atoms with E-state index in [2.05, 4.69) is 9.97 Å². The normalized spacial score (nSPS) is 10.3. The predicted molar refractivity (Wildman–Crippen MR) is 63.3 cm³/mol. The van der Waals surface area contributed by atoms with Gasteiger partial charge in [0.2, 0.25) is 0 Å². The lowest BCUT2D eigenvalue weighted by atomic mass is 10.1. The Morgan fingerprint density at radius 2 is 2.06 bits per heavy atom. The lowest BCUT2D eigenvalue weighted by molar-refractivity contribution is 0.339. The van der Waals surface area contributed by atoms with Crippen LogP contribution in [-0.2, 0) is 0 Å². The van der Waals surface area contributed by atoms with Crippen LogP contribution in [0.1, 0.15) is 12.6 Å². The SMILES string of the molecule is CCOc1cc(F)ccc1-c1cnc(C)cn1. The molecule has 0 radical (unpaired) electrons. The van der Waals surface area contributed by atoms with Gasteiger partial charge < -0.3 is 4.74 Å². The molecule has 0 atom stereocenters. The van der Waals surface area contributed by atoms with Crippen LogP contribution in [0.3, 0.4) is 0 Å². The lowest BCUT2D eigenvalue weighted by Gasteiger charge is -2.09. The van der Waals surface area contributed by atoms with E-state index < -0.39 is 0 Å². The summed E-state index contributed by atoms with van der Waals surface area (Å²) in [7, 11) is 0. The number of hydrogen-bond donors (Lipinski definition) is 0. The van der Waals surface area contributed by atoms with Gasteiger partial charge in [-0.15, -0.1) is 0 Å². The average molecular weight is 232 g/mol. The summed E-state index contributed by atoms with van der Waals surface area (Å²) < 4.78 is 18.5. The molecule has 0 spiro atoms. The molecule has 0 aliphatic carbocycles. The Hall–Kier alpha value is -1.97. The van der Waals surface area contributed by atoms with Crippen molar-refractivity contribution >= 4 is 0 Å². The highest BCUT2D eigenvalue weighted by atomic mass is 19.1. The minimum absolute atomic E-state index is 0.322. The topological polar surface area (TPSA) is 35.0 Å². The monoisotopic (exact) mass is 232 g/mol. The first-order valence-corrected chi connectivity index (χ1v) is 5.42. The van der Waals surface area contributed by atoms with Crippen molar-refractivity contribution in [2.24, 2.45) is 0 Å². The molecule has 1 aromatic carbocycles. The first-order valence-electron chi connectivity index (χ1n) is 5.42. The van der Waals surface area contributed by atoms with Gasteiger partial charge in [-0.25, -0.2) is 4.39 Å². The molecule has 17 heavy (non-hydrogen) atoms. The third kappa shape index (κ3) is 2.58. The number of hydrogen-bond acceptors (Lipinski definition) is 3. The molecule has 0 saturated carbocycles. The highest BCUT2D eigenvalue weighted by molar-refractivity contribution is 5.66. The van der Waals surface area contributed by atoms with Crippen molar-refractivity contribution in [1.82, 2.24) is 9.97 Å². The van der Waals surface area contributed by atoms with E-state index >= 15 is 0 Å². The summed E-state index contributed by atoms with van der Waals surface area (Å²) in [5, 5.41) is 0. The molecule has 0 fully saturated rings. The highest BCUT2D eigenvalue weighted by Crippen LogP contribution is 2.28. The number of ether oxygens (including phenoxy) is 1. The maximum atomic E-state index is 13.1. The van der Waals surface area contributed by atoms with E-state index in [0.717, 1.165) is 11.3 Å². The first kappa shape index (κ1) is 11.5. The van der Waals surface area contributed by atoms with Crippen LogP contribution in [0.4, 0.5) is 4.39 Å². The van der Waals surface area contributed by atoms with Crippen LogP contribution in [0.15, 0.2) is 30.6 Å². The van der Waals surface area contributed by atoms with Crippen LogP contribution in [0.25, 0.3) is 11.3 Å². The van der Waals surface area contributed by atoms with Crippen LogP contribution in [-0.4, -0.2) is 16.6 Å². The predicted octanol–water partition coefficient (Wildman–Crippen LogP) is 2.99. The highest BCUT2D eigenvalue weighted by Gasteiger charge is 2.09. The fraction of sp³-hybridized carbons (Fsp3) is 0.231. The Balaban J connectivity index is 2.46. The number of halogens is 1. The van der Waals surface area contributed by atoms with Crippen molar-refractivity contribution in [3.63, 3.8) is 0 Å². The molecule has 1 aromatic heterocycles. The molecule has 4 heteroatoms. The van der Waals surface area contributed by atoms with Gasteiger partial charge in [0.25, 0.3) is 0 Å². The van der Waals surface area contributed by atoms with Crippen molar-refractivity contribution < 1.29 is 9.13 Å². The van der Waals surface area contributed by atoms with Crippen LogP contribution >= 0.6 is 0 Å². The fourth-order valence-electron chi connectivity index (χ4n) is 1.51. The van der Waals surface area contributed by atoms with Crippen LogP contribution in [0, 0.1) is 12.7 Å². The minimum atomic E-state index is -0.322. The zero-order valence-corrected chi connectivity index (χ0v) is 9.77. The first-order chi connectivity index (χ1) is 8.20. The molecule has 2 rings (SSSR count). The molecule has 0 saturated heterocycles. The van der Waals surface area contributed by atoms with Crippen molar-refractivity contribution in [2.75, 3.05) is 6.61 Å². The van der Waals surface area contributed by atoms with E-state index in [9.17, 15) is 4.39 Å². The number of aromatic nitrogens is 2. The number of rotatable bonds is 3. The third-order valence-electron chi connectivity index (χ3n) is 2.30. The largest absolute Gasteiger partial charge is 0.493 e. The molecule has 3 nitrogen and oxygen atoms in total. The Kier molecular flexibility index (Phi) is 3.32. The maximum Gasteiger partial charge on any atom is 0.131 e. The fourth-order valence-corrected chi connectivity index (χ4v) is 1.51. The Morgan fingerprint density at radius 3 is 2.71 bits per heavy atom. The van der Waals surface area contributed by atoms with E-state index in [-0.39, 0.29) is 5.82 Å². The van der Waals surface area contributed by atoms with Crippen molar-refractivity contribution in [3.8, 4) is 17.0 Å². The number of nitrogens with zero attached hydrogens (tertiary/aromatic N) is 2. The van der Waals surface area contributed by atoms with Gasteiger partial charge in [0.05, 0.1) is 24.2 Å². The van der Waals surface area contributed by atoms with E-state index in [1.54, 1.807) is 18.5 Å². The van der Waals surface area contributed by atoms with Gasteiger partial charge in [0.15, 0.2) is 0 Å². The van der Waals surface area contributed by atoms with Crippen molar-refractivity contribution in [1.29, 1.82) is 0 Å². The molecule has 0 N–H and O–H groups in total. The Bertz CT molecular complexity index is 511. The molecule has 0 bridgehead atoms. The second-order valence-corrected chi connectivity index (χ2v) is 3.62. The second-order valence-electron chi connectivity index (χ2n) is 3.62. The van der Waals surface area contributed by atoms with Crippen LogP contribution < -0.4 is 4.74 Å². The molecule has 0 amide bonds. The summed E-state index contributed by atoms with van der Waals surface area (Å²) in [4.78, 5) is 8.42. The van der Waals surface area contributed by atoms with Gasteiger partial charge in [-0.05, 0) is 26.0 Å².